The van der Waals surface area contributed by atoms with Crippen LogP contribution in [0.25, 0.3) is 5.57 Å². The number of rotatable bonds is 4. The molecule has 0 spiro atoms. The van der Waals surface area contributed by atoms with Crippen LogP contribution < -0.4 is 10.2 Å². The van der Waals surface area contributed by atoms with E-state index in [2.05, 4.69) is 5.32 Å². The summed E-state index contributed by atoms with van der Waals surface area (Å²) in [5.41, 5.74) is 2.51. The highest BCUT2D eigenvalue weighted by Gasteiger charge is 2.32. The third-order valence-electron chi connectivity index (χ3n) is 3.37. The standard InChI is InChI=1S/C16H17N3O3/c1-11(7-8-17)13-3-5-14(6-4-13)19-10-15(22-16(19)21)9-18-12(2)20/h3-7,15H,9-10H2,1-2H3,(H,18,20)/b11-7+/t15-/m0/s1. The van der Waals surface area contributed by atoms with Crippen LogP contribution in [-0.2, 0) is 9.53 Å². The van der Waals surface area contributed by atoms with Gasteiger partial charge in [-0.15, -0.1) is 0 Å². The van der Waals surface area contributed by atoms with Crippen molar-refractivity contribution in [2.45, 2.75) is 20.0 Å². The number of ether oxygens (including phenoxy) is 1. The van der Waals surface area contributed by atoms with Gasteiger partial charge in [0.15, 0.2) is 0 Å². The molecule has 0 radical (unpaired) electrons. The highest BCUT2D eigenvalue weighted by molar-refractivity contribution is 5.90. The number of amides is 2. The van der Waals surface area contributed by atoms with Crippen molar-refractivity contribution in [1.29, 1.82) is 5.26 Å². The van der Waals surface area contributed by atoms with E-state index in [-0.39, 0.29) is 12.0 Å². The van der Waals surface area contributed by atoms with Crippen LogP contribution in [0.15, 0.2) is 30.3 Å². The smallest absolute Gasteiger partial charge is 0.414 e. The van der Waals surface area contributed by atoms with Crippen LogP contribution >= 0.6 is 0 Å². The predicted octanol–water partition coefficient (Wildman–Crippen LogP) is 2.07. The number of anilines is 1. The van der Waals surface area contributed by atoms with Crippen LogP contribution in [0, 0.1) is 11.3 Å². The number of carbonyl (C=O) groups is 2. The van der Waals surface area contributed by atoms with E-state index in [1.807, 2.05) is 37.3 Å². The van der Waals surface area contributed by atoms with Gasteiger partial charge < -0.3 is 10.1 Å². The Morgan fingerprint density at radius 1 is 1.45 bits per heavy atom. The van der Waals surface area contributed by atoms with E-state index in [0.717, 1.165) is 16.8 Å². The van der Waals surface area contributed by atoms with Gasteiger partial charge in [0.25, 0.3) is 0 Å². The normalized spacial score (nSPS) is 17.9. The molecule has 0 saturated carbocycles. The maximum atomic E-state index is 11.9. The first-order valence-electron chi connectivity index (χ1n) is 6.90. The molecule has 1 heterocycles. The number of cyclic esters (lactones) is 1. The van der Waals surface area contributed by atoms with Gasteiger partial charge in [0.05, 0.1) is 19.2 Å². The Morgan fingerprint density at radius 2 is 2.14 bits per heavy atom. The first kappa shape index (κ1) is 15.6. The maximum Gasteiger partial charge on any atom is 0.414 e. The van der Waals surface area contributed by atoms with Gasteiger partial charge in [-0.2, -0.15) is 5.26 Å². The molecule has 1 atom stereocenters. The van der Waals surface area contributed by atoms with Crippen molar-refractivity contribution in [2.75, 3.05) is 18.0 Å². The molecule has 2 rings (SSSR count). The Morgan fingerprint density at radius 3 is 2.73 bits per heavy atom. The van der Waals surface area contributed by atoms with Gasteiger partial charge in [0.2, 0.25) is 5.91 Å². The van der Waals surface area contributed by atoms with Gasteiger partial charge in [0, 0.05) is 18.7 Å². The summed E-state index contributed by atoms with van der Waals surface area (Å²) in [5, 5.41) is 11.3. The monoisotopic (exact) mass is 299 g/mol. The van der Waals surface area contributed by atoms with Gasteiger partial charge in [-0.3, -0.25) is 9.69 Å². The van der Waals surface area contributed by atoms with Crippen molar-refractivity contribution in [2.24, 2.45) is 0 Å². The van der Waals surface area contributed by atoms with Crippen molar-refractivity contribution >= 4 is 23.3 Å². The first-order chi connectivity index (χ1) is 10.5. The highest BCUT2D eigenvalue weighted by Crippen LogP contribution is 2.24. The van der Waals surface area contributed by atoms with Crippen LogP contribution in [0.4, 0.5) is 10.5 Å². The van der Waals surface area contributed by atoms with Crippen LogP contribution in [0.1, 0.15) is 19.4 Å². The lowest BCUT2D eigenvalue weighted by molar-refractivity contribution is -0.119. The largest absolute Gasteiger partial charge is 0.442 e. The van der Waals surface area contributed by atoms with E-state index >= 15 is 0 Å². The summed E-state index contributed by atoms with van der Waals surface area (Å²) in [6, 6.07) is 9.32. The van der Waals surface area contributed by atoms with Crippen LogP contribution in [0.3, 0.4) is 0 Å². The molecular formula is C16H17N3O3. The number of hydrogen-bond acceptors (Lipinski definition) is 4. The molecule has 0 bridgehead atoms. The Labute approximate surface area is 129 Å². The fourth-order valence-corrected chi connectivity index (χ4v) is 2.18. The minimum atomic E-state index is -0.424. The quantitative estimate of drug-likeness (QED) is 0.863. The zero-order chi connectivity index (χ0) is 16.1. The van der Waals surface area contributed by atoms with E-state index in [4.69, 9.17) is 10.00 Å². The third kappa shape index (κ3) is 3.64. The molecule has 22 heavy (non-hydrogen) atoms. The lowest BCUT2D eigenvalue weighted by Crippen LogP contribution is -2.33. The summed E-state index contributed by atoms with van der Waals surface area (Å²) in [5.74, 6) is -0.154. The second-order valence-electron chi connectivity index (χ2n) is 5.06. The number of hydrogen-bond donors (Lipinski definition) is 1. The Bertz CT molecular complexity index is 644. The second kappa shape index (κ2) is 6.76. The third-order valence-corrected chi connectivity index (χ3v) is 3.37. The molecule has 1 fully saturated rings. The predicted molar refractivity (Wildman–Crippen MR) is 82.0 cm³/mol. The average molecular weight is 299 g/mol. The van der Waals surface area contributed by atoms with Crippen molar-refractivity contribution in [3.8, 4) is 6.07 Å². The van der Waals surface area contributed by atoms with E-state index in [1.54, 1.807) is 0 Å². The summed E-state index contributed by atoms with van der Waals surface area (Å²) in [6.45, 7) is 3.97. The summed E-state index contributed by atoms with van der Waals surface area (Å²) in [7, 11) is 0. The van der Waals surface area contributed by atoms with Gasteiger partial charge in [-0.05, 0) is 30.2 Å². The zero-order valence-corrected chi connectivity index (χ0v) is 12.5. The molecule has 6 nitrogen and oxygen atoms in total. The molecule has 114 valence electrons. The average Bonchev–Trinajstić information content (AvgIpc) is 2.86. The fourth-order valence-electron chi connectivity index (χ4n) is 2.18. The van der Waals surface area contributed by atoms with Gasteiger partial charge in [0.1, 0.15) is 6.10 Å². The number of nitrogens with zero attached hydrogens (tertiary/aromatic N) is 2. The molecule has 1 aliphatic rings. The molecule has 6 heteroatoms. The van der Waals surface area contributed by atoms with Gasteiger partial charge >= 0.3 is 6.09 Å². The van der Waals surface area contributed by atoms with Gasteiger partial charge in [-0.25, -0.2) is 4.79 Å². The van der Waals surface area contributed by atoms with E-state index in [9.17, 15) is 9.59 Å². The topological polar surface area (TPSA) is 82.4 Å². The minimum Gasteiger partial charge on any atom is -0.442 e. The molecule has 1 saturated heterocycles. The van der Waals surface area contributed by atoms with E-state index in [1.165, 1.54) is 17.9 Å². The zero-order valence-electron chi connectivity index (χ0n) is 12.5. The summed E-state index contributed by atoms with van der Waals surface area (Å²) < 4.78 is 5.21. The molecule has 0 aliphatic carbocycles. The highest BCUT2D eigenvalue weighted by atomic mass is 16.6. The van der Waals surface area contributed by atoms with Crippen molar-refractivity contribution in [1.82, 2.24) is 5.32 Å². The molecule has 1 aliphatic heterocycles. The minimum absolute atomic E-state index is 0.154. The lowest BCUT2D eigenvalue weighted by Gasteiger charge is -2.13. The second-order valence-corrected chi connectivity index (χ2v) is 5.06. The van der Waals surface area contributed by atoms with Crippen LogP contribution in [-0.4, -0.2) is 31.2 Å². The number of nitriles is 1. The Balaban J connectivity index is 2.06. The molecule has 0 aromatic heterocycles. The lowest BCUT2D eigenvalue weighted by atomic mass is 10.1. The Hall–Kier alpha value is -2.81. The molecule has 1 aromatic rings. The van der Waals surface area contributed by atoms with Crippen molar-refractivity contribution < 1.29 is 14.3 Å². The number of carbonyl (C=O) groups excluding carboxylic acids is 2. The molecule has 2 amide bonds. The van der Waals surface area contributed by atoms with E-state index in [0.29, 0.717) is 13.1 Å². The van der Waals surface area contributed by atoms with Gasteiger partial charge in [-0.1, -0.05) is 12.1 Å². The van der Waals surface area contributed by atoms with Crippen molar-refractivity contribution in [3.63, 3.8) is 0 Å². The molecular weight excluding hydrogens is 282 g/mol. The molecule has 0 unspecified atom stereocenters. The number of benzene rings is 1. The summed E-state index contributed by atoms with van der Waals surface area (Å²) in [4.78, 5) is 24.3. The first-order valence-corrected chi connectivity index (χ1v) is 6.90. The summed E-state index contributed by atoms with van der Waals surface area (Å²) in [6.07, 6.45) is 0.700. The molecule has 1 N–H and O–H groups in total. The number of nitrogens with one attached hydrogen (secondary N) is 1. The molecule has 1 aromatic carbocycles. The van der Waals surface area contributed by atoms with Crippen LogP contribution in [0.2, 0.25) is 0 Å². The van der Waals surface area contributed by atoms with Crippen molar-refractivity contribution in [3.05, 3.63) is 35.9 Å². The summed E-state index contributed by atoms with van der Waals surface area (Å²) >= 11 is 0. The maximum absolute atomic E-state index is 11.9. The van der Waals surface area contributed by atoms with Crippen LogP contribution in [0.5, 0.6) is 0 Å². The number of allylic oxidation sites excluding steroid dienone is 2. The SMILES string of the molecule is CC(=O)NC[C@H]1CN(c2ccc(/C(C)=C/C#N)cc2)C(=O)O1. The van der Waals surface area contributed by atoms with E-state index < -0.39 is 6.09 Å². The Kier molecular flexibility index (Phi) is 4.79. The fraction of sp³-hybridized carbons (Fsp3) is 0.312.